The molecule has 4 rings (SSSR count). The lowest BCUT2D eigenvalue weighted by molar-refractivity contribution is -0.126. The van der Waals surface area contributed by atoms with Crippen molar-refractivity contribution in [3.63, 3.8) is 0 Å². The van der Waals surface area contributed by atoms with Gasteiger partial charge in [-0.25, -0.2) is 0 Å². The minimum Gasteiger partial charge on any atom is -0.496 e. The van der Waals surface area contributed by atoms with E-state index < -0.39 is 0 Å². The van der Waals surface area contributed by atoms with Crippen LogP contribution in [-0.2, 0) is 17.9 Å². The van der Waals surface area contributed by atoms with Gasteiger partial charge in [-0.3, -0.25) is 14.5 Å². The molecule has 35 heavy (non-hydrogen) atoms. The van der Waals surface area contributed by atoms with Gasteiger partial charge < -0.3 is 15.0 Å². The number of carbonyl (C=O) groups excluding carboxylic acids is 2. The first kappa shape index (κ1) is 25.5. The lowest BCUT2D eigenvalue weighted by atomic mass is 9.95. The van der Waals surface area contributed by atoms with Gasteiger partial charge in [-0.1, -0.05) is 48.7 Å². The molecule has 2 saturated heterocycles. The van der Waals surface area contributed by atoms with Crippen LogP contribution in [-0.4, -0.2) is 54.9 Å². The molecule has 2 heterocycles. The molecule has 188 valence electrons. The molecule has 1 N–H and O–H groups in total. The van der Waals surface area contributed by atoms with E-state index in [0.29, 0.717) is 48.8 Å². The fourth-order valence-electron chi connectivity index (χ4n) is 5.09. The predicted octanol–water partition coefficient (Wildman–Crippen LogP) is 4.89. The van der Waals surface area contributed by atoms with Crippen LogP contribution in [0.4, 0.5) is 0 Å². The minimum absolute atomic E-state index is 0.0651. The van der Waals surface area contributed by atoms with E-state index >= 15 is 0 Å². The van der Waals surface area contributed by atoms with Crippen molar-refractivity contribution in [1.29, 1.82) is 0 Å². The maximum Gasteiger partial charge on any atom is 0.257 e. The summed E-state index contributed by atoms with van der Waals surface area (Å²) in [6, 6.07) is 13.6. The molecule has 2 amide bonds. The zero-order valence-electron chi connectivity index (χ0n) is 20.6. The Morgan fingerprint density at radius 2 is 1.69 bits per heavy atom. The van der Waals surface area contributed by atoms with E-state index in [1.807, 2.05) is 0 Å². The number of halogens is 1. The fourth-order valence-corrected chi connectivity index (χ4v) is 5.26. The summed E-state index contributed by atoms with van der Waals surface area (Å²) in [6.45, 7) is 4.94. The van der Waals surface area contributed by atoms with Crippen LogP contribution in [0.25, 0.3) is 0 Å². The highest BCUT2D eigenvalue weighted by molar-refractivity contribution is 6.31. The van der Waals surface area contributed by atoms with Crippen molar-refractivity contribution in [3.05, 3.63) is 64.2 Å². The molecule has 2 aliphatic rings. The Bertz CT molecular complexity index is 1010. The largest absolute Gasteiger partial charge is 0.496 e. The van der Waals surface area contributed by atoms with Crippen LogP contribution < -0.4 is 10.1 Å². The minimum atomic E-state index is -0.107. The number of methoxy groups -OCH3 is 1. The Morgan fingerprint density at radius 3 is 2.40 bits per heavy atom. The predicted molar refractivity (Wildman–Crippen MR) is 139 cm³/mol. The summed E-state index contributed by atoms with van der Waals surface area (Å²) in [6.07, 6.45) is 6.54. The van der Waals surface area contributed by atoms with Gasteiger partial charge in [-0.2, -0.15) is 0 Å². The molecule has 7 heteroatoms. The first-order valence-electron chi connectivity index (χ1n) is 12.7. The number of ether oxygens (including phenoxy) is 1. The number of rotatable bonds is 7. The molecular weight excluding hydrogens is 462 g/mol. The molecule has 0 radical (unpaired) electrons. The Kier molecular flexibility index (Phi) is 9.05. The van der Waals surface area contributed by atoms with Gasteiger partial charge in [0.1, 0.15) is 5.75 Å². The van der Waals surface area contributed by atoms with Gasteiger partial charge in [0.2, 0.25) is 5.91 Å². The molecule has 2 aliphatic heterocycles. The number of hydrogen-bond donors (Lipinski definition) is 1. The number of nitrogens with one attached hydrogen (secondary N) is 1. The van der Waals surface area contributed by atoms with Crippen molar-refractivity contribution in [2.45, 2.75) is 51.6 Å². The van der Waals surface area contributed by atoms with Crippen molar-refractivity contribution in [3.8, 4) is 5.75 Å². The zero-order valence-corrected chi connectivity index (χ0v) is 21.4. The topological polar surface area (TPSA) is 61.9 Å². The molecule has 0 atom stereocenters. The quantitative estimate of drug-likeness (QED) is 0.591. The van der Waals surface area contributed by atoms with Crippen LogP contribution in [0.3, 0.4) is 0 Å². The lowest BCUT2D eigenvalue weighted by Gasteiger charge is -2.31. The van der Waals surface area contributed by atoms with Gasteiger partial charge in [-0.05, 0) is 68.1 Å². The molecule has 2 fully saturated rings. The maximum absolute atomic E-state index is 13.0. The number of hydrogen-bond acceptors (Lipinski definition) is 4. The third-order valence-electron chi connectivity index (χ3n) is 7.11. The first-order chi connectivity index (χ1) is 17.0. The third kappa shape index (κ3) is 6.98. The number of nitrogens with zero attached hydrogens (tertiary/aromatic N) is 2. The van der Waals surface area contributed by atoms with Crippen LogP contribution in [0, 0.1) is 5.92 Å². The molecule has 0 unspecified atom stereocenters. The summed E-state index contributed by atoms with van der Waals surface area (Å²) in [5.41, 5.74) is 2.90. The maximum atomic E-state index is 13.0. The average molecular weight is 498 g/mol. The van der Waals surface area contributed by atoms with E-state index in [9.17, 15) is 9.59 Å². The number of carbonyl (C=O) groups is 2. The van der Waals surface area contributed by atoms with E-state index in [2.05, 4.69) is 34.5 Å². The normalized spacial score (nSPS) is 17.6. The zero-order chi connectivity index (χ0) is 24.6. The van der Waals surface area contributed by atoms with Crippen LogP contribution in [0.15, 0.2) is 42.5 Å². The van der Waals surface area contributed by atoms with Crippen molar-refractivity contribution in [2.24, 2.45) is 5.92 Å². The first-order valence-corrected chi connectivity index (χ1v) is 13.1. The number of amides is 2. The fraction of sp³-hybridized carbons (Fsp3) is 0.500. The molecule has 0 bridgehead atoms. The van der Waals surface area contributed by atoms with E-state index in [1.165, 1.54) is 44.3 Å². The van der Waals surface area contributed by atoms with Gasteiger partial charge in [-0.15, -0.1) is 0 Å². The monoisotopic (exact) mass is 497 g/mol. The van der Waals surface area contributed by atoms with E-state index in [1.54, 1.807) is 30.2 Å². The average Bonchev–Trinajstić information content (AvgIpc) is 3.16. The summed E-state index contributed by atoms with van der Waals surface area (Å²) in [7, 11) is 1.54. The van der Waals surface area contributed by atoms with E-state index in [4.69, 9.17) is 16.3 Å². The summed E-state index contributed by atoms with van der Waals surface area (Å²) >= 11 is 6.09. The third-order valence-corrected chi connectivity index (χ3v) is 7.34. The van der Waals surface area contributed by atoms with Crippen molar-refractivity contribution in [1.82, 2.24) is 15.1 Å². The summed E-state index contributed by atoms with van der Waals surface area (Å²) in [4.78, 5) is 30.2. The number of likely N-dealkylation sites (tertiary alicyclic amines) is 2. The molecule has 0 aliphatic carbocycles. The van der Waals surface area contributed by atoms with Crippen molar-refractivity contribution >= 4 is 23.4 Å². The molecular formula is C28H36ClN3O3. The van der Waals surface area contributed by atoms with Gasteiger partial charge in [0, 0.05) is 37.1 Å². The van der Waals surface area contributed by atoms with Gasteiger partial charge >= 0.3 is 0 Å². The Labute approximate surface area is 213 Å². The molecule has 0 saturated carbocycles. The second-order valence-electron chi connectivity index (χ2n) is 9.64. The standard InChI is InChI=1S/C28H36ClN3O3/c1-35-26-10-9-24(29)18-25(26)28(34)32-15-11-23(12-16-32)27(33)30-19-21-7-6-8-22(17-21)20-31-13-4-2-3-5-14-31/h6-10,17-18,23H,2-5,11-16,19-20H2,1H3,(H,30,33). The van der Waals surface area contributed by atoms with E-state index in [-0.39, 0.29) is 17.7 Å². The lowest BCUT2D eigenvalue weighted by Crippen LogP contribution is -2.43. The van der Waals surface area contributed by atoms with Gasteiger partial charge in [0.05, 0.1) is 12.7 Å². The van der Waals surface area contributed by atoms with Crippen LogP contribution >= 0.6 is 11.6 Å². The molecule has 6 nitrogen and oxygen atoms in total. The highest BCUT2D eigenvalue weighted by Gasteiger charge is 2.29. The summed E-state index contributed by atoms with van der Waals surface area (Å²) in [5, 5.41) is 3.62. The van der Waals surface area contributed by atoms with Crippen molar-refractivity contribution in [2.75, 3.05) is 33.3 Å². The SMILES string of the molecule is COc1ccc(Cl)cc1C(=O)N1CCC(C(=O)NCc2cccc(CN3CCCCCC3)c2)CC1. The molecule has 2 aromatic carbocycles. The highest BCUT2D eigenvalue weighted by Crippen LogP contribution is 2.26. The van der Waals surface area contributed by atoms with Gasteiger partial charge in [0.15, 0.2) is 0 Å². The highest BCUT2D eigenvalue weighted by atomic mass is 35.5. The Hall–Kier alpha value is -2.57. The summed E-state index contributed by atoms with van der Waals surface area (Å²) in [5.74, 6) is 0.387. The second-order valence-corrected chi connectivity index (χ2v) is 10.1. The number of piperidine rings is 1. The summed E-state index contributed by atoms with van der Waals surface area (Å²) < 4.78 is 5.33. The molecule has 2 aromatic rings. The molecule has 0 aromatic heterocycles. The van der Waals surface area contributed by atoms with Gasteiger partial charge in [0.25, 0.3) is 5.91 Å². The number of benzene rings is 2. The van der Waals surface area contributed by atoms with Crippen LogP contribution in [0.1, 0.15) is 60.0 Å². The van der Waals surface area contributed by atoms with Crippen LogP contribution in [0.5, 0.6) is 5.75 Å². The van der Waals surface area contributed by atoms with Crippen molar-refractivity contribution < 1.29 is 14.3 Å². The molecule has 0 spiro atoms. The second kappa shape index (κ2) is 12.4. The van der Waals surface area contributed by atoms with E-state index in [0.717, 1.165) is 12.1 Å². The Morgan fingerprint density at radius 1 is 0.971 bits per heavy atom. The van der Waals surface area contributed by atoms with Crippen LogP contribution in [0.2, 0.25) is 5.02 Å². The smallest absolute Gasteiger partial charge is 0.257 e. The Balaban J connectivity index is 1.26.